The van der Waals surface area contributed by atoms with Gasteiger partial charge in [-0.2, -0.15) is 5.10 Å². The molecule has 0 spiro atoms. The van der Waals surface area contributed by atoms with Gasteiger partial charge in [0, 0.05) is 25.2 Å². The fraction of sp³-hybridized carbons (Fsp3) is 0.400. The fourth-order valence-electron chi connectivity index (χ4n) is 3.34. The molecular weight excluding hydrogens is 330 g/mol. The number of carboxylic acids is 1. The van der Waals surface area contributed by atoms with E-state index in [0.717, 1.165) is 49.5 Å². The molecule has 1 saturated heterocycles. The van der Waals surface area contributed by atoms with Crippen molar-refractivity contribution in [3.8, 4) is 5.75 Å². The van der Waals surface area contributed by atoms with E-state index in [1.807, 2.05) is 30.3 Å². The van der Waals surface area contributed by atoms with Crippen LogP contribution in [0, 0.1) is 0 Å². The summed E-state index contributed by atoms with van der Waals surface area (Å²) in [5.41, 5.74) is 2.15. The minimum atomic E-state index is -0.867. The number of carbonyl (C=O) groups is 1. The lowest BCUT2D eigenvalue weighted by Crippen LogP contribution is -2.34. The van der Waals surface area contributed by atoms with Crippen LogP contribution in [-0.2, 0) is 11.3 Å². The Morgan fingerprint density at radius 1 is 1.35 bits per heavy atom. The highest BCUT2D eigenvalue weighted by atomic mass is 16.5. The van der Waals surface area contributed by atoms with Crippen LogP contribution in [0.25, 0.3) is 6.08 Å². The number of likely N-dealkylation sites (tertiary alicyclic amines) is 1. The van der Waals surface area contributed by atoms with Gasteiger partial charge in [0.15, 0.2) is 0 Å². The molecule has 1 aromatic carbocycles. The minimum absolute atomic E-state index is 0.0823. The Bertz CT molecular complexity index is 752. The molecule has 1 aromatic heterocycles. The zero-order valence-electron chi connectivity index (χ0n) is 15.0. The summed E-state index contributed by atoms with van der Waals surface area (Å²) in [7, 11) is 1.67. The second kappa shape index (κ2) is 8.67. The molecule has 138 valence electrons. The van der Waals surface area contributed by atoms with Crippen LogP contribution >= 0.6 is 0 Å². The molecule has 0 bridgehead atoms. The van der Waals surface area contributed by atoms with Gasteiger partial charge in [-0.15, -0.1) is 0 Å². The molecule has 1 aliphatic heterocycles. The van der Waals surface area contributed by atoms with Gasteiger partial charge in [-0.3, -0.25) is 14.4 Å². The third kappa shape index (κ3) is 4.95. The lowest BCUT2D eigenvalue weighted by atomic mass is 9.95. The molecule has 2 heterocycles. The summed E-state index contributed by atoms with van der Waals surface area (Å²) in [5, 5.41) is 13.3. The third-order valence-corrected chi connectivity index (χ3v) is 4.67. The monoisotopic (exact) mass is 355 g/mol. The Balaban J connectivity index is 1.53. The van der Waals surface area contributed by atoms with E-state index in [2.05, 4.69) is 22.2 Å². The van der Waals surface area contributed by atoms with E-state index in [4.69, 9.17) is 9.84 Å². The standard InChI is InChI=1S/C20H25N3O3/c1-26-18-8-6-16(7-9-18)4-2-11-22-12-3-5-17(14-22)19-10-13-23(21-19)15-20(24)25/h2,4,6-10,13,17H,3,5,11-12,14-15H2,1H3,(H,24,25). The van der Waals surface area contributed by atoms with Gasteiger partial charge in [0.25, 0.3) is 0 Å². The first-order valence-electron chi connectivity index (χ1n) is 8.92. The number of aliphatic carboxylic acids is 1. The van der Waals surface area contributed by atoms with Crippen LogP contribution in [0.15, 0.2) is 42.6 Å². The number of methoxy groups -OCH3 is 1. The highest BCUT2D eigenvalue weighted by Crippen LogP contribution is 2.25. The van der Waals surface area contributed by atoms with E-state index in [0.29, 0.717) is 5.92 Å². The Labute approximate surface area is 153 Å². The van der Waals surface area contributed by atoms with E-state index in [1.165, 1.54) is 4.68 Å². The number of piperidine rings is 1. The number of benzene rings is 1. The number of nitrogens with zero attached hydrogens (tertiary/aromatic N) is 3. The van der Waals surface area contributed by atoms with Gasteiger partial charge in [0.2, 0.25) is 0 Å². The quantitative estimate of drug-likeness (QED) is 0.827. The van der Waals surface area contributed by atoms with Crippen molar-refractivity contribution >= 4 is 12.0 Å². The third-order valence-electron chi connectivity index (χ3n) is 4.67. The van der Waals surface area contributed by atoms with Gasteiger partial charge in [0.1, 0.15) is 12.3 Å². The number of hydrogen-bond donors (Lipinski definition) is 1. The van der Waals surface area contributed by atoms with E-state index < -0.39 is 5.97 Å². The van der Waals surface area contributed by atoms with Crippen molar-refractivity contribution in [2.75, 3.05) is 26.7 Å². The lowest BCUT2D eigenvalue weighted by molar-refractivity contribution is -0.137. The van der Waals surface area contributed by atoms with Crippen LogP contribution in [0.1, 0.15) is 30.0 Å². The molecule has 1 N–H and O–H groups in total. The molecule has 1 aliphatic rings. The predicted octanol–water partition coefficient (Wildman–Crippen LogP) is 2.87. The molecule has 0 aliphatic carbocycles. The van der Waals surface area contributed by atoms with Crippen LogP contribution in [0.3, 0.4) is 0 Å². The van der Waals surface area contributed by atoms with Crippen molar-refractivity contribution in [3.63, 3.8) is 0 Å². The first kappa shape index (κ1) is 18.2. The maximum atomic E-state index is 10.8. The summed E-state index contributed by atoms with van der Waals surface area (Å²) in [6.45, 7) is 2.86. The van der Waals surface area contributed by atoms with Crippen molar-refractivity contribution < 1.29 is 14.6 Å². The van der Waals surface area contributed by atoms with Gasteiger partial charge in [0.05, 0.1) is 12.8 Å². The van der Waals surface area contributed by atoms with Crippen LogP contribution in [0.2, 0.25) is 0 Å². The normalized spacial score (nSPS) is 18.3. The number of ether oxygens (including phenoxy) is 1. The lowest BCUT2D eigenvalue weighted by Gasteiger charge is -2.31. The summed E-state index contributed by atoms with van der Waals surface area (Å²) >= 11 is 0. The second-order valence-corrected chi connectivity index (χ2v) is 6.61. The zero-order valence-corrected chi connectivity index (χ0v) is 15.0. The minimum Gasteiger partial charge on any atom is -0.497 e. The fourth-order valence-corrected chi connectivity index (χ4v) is 3.34. The van der Waals surface area contributed by atoms with Crippen LogP contribution in [-0.4, -0.2) is 52.5 Å². The van der Waals surface area contributed by atoms with E-state index in [1.54, 1.807) is 13.3 Å². The summed E-state index contributed by atoms with van der Waals surface area (Å²) in [4.78, 5) is 13.2. The number of rotatable bonds is 7. The number of hydrogen-bond acceptors (Lipinski definition) is 4. The highest BCUT2D eigenvalue weighted by Gasteiger charge is 2.22. The average molecular weight is 355 g/mol. The van der Waals surface area contributed by atoms with Gasteiger partial charge >= 0.3 is 5.97 Å². The largest absolute Gasteiger partial charge is 0.497 e. The molecule has 2 aromatic rings. The highest BCUT2D eigenvalue weighted by molar-refractivity contribution is 5.66. The van der Waals surface area contributed by atoms with Crippen LogP contribution < -0.4 is 4.74 Å². The SMILES string of the molecule is COc1ccc(C=CCN2CCCC(c3ccn(CC(=O)O)n3)C2)cc1. The Morgan fingerprint density at radius 3 is 2.88 bits per heavy atom. The van der Waals surface area contributed by atoms with Crippen molar-refractivity contribution in [2.45, 2.75) is 25.3 Å². The molecule has 1 atom stereocenters. The van der Waals surface area contributed by atoms with Crippen LogP contribution in [0.4, 0.5) is 0 Å². The Kier molecular flexibility index (Phi) is 6.07. The van der Waals surface area contributed by atoms with Gasteiger partial charge in [-0.25, -0.2) is 0 Å². The first-order valence-corrected chi connectivity index (χ1v) is 8.92. The zero-order chi connectivity index (χ0) is 18.4. The maximum Gasteiger partial charge on any atom is 0.325 e. The summed E-state index contributed by atoms with van der Waals surface area (Å²) < 4.78 is 6.67. The summed E-state index contributed by atoms with van der Waals surface area (Å²) in [6.07, 6.45) is 8.31. The van der Waals surface area contributed by atoms with E-state index in [9.17, 15) is 4.79 Å². The molecule has 3 rings (SSSR count). The molecule has 0 radical (unpaired) electrons. The molecule has 26 heavy (non-hydrogen) atoms. The second-order valence-electron chi connectivity index (χ2n) is 6.61. The van der Waals surface area contributed by atoms with Gasteiger partial charge in [-0.1, -0.05) is 24.3 Å². The molecule has 0 amide bonds. The summed E-state index contributed by atoms with van der Waals surface area (Å²) in [6, 6.07) is 9.96. The summed E-state index contributed by atoms with van der Waals surface area (Å²) in [5.74, 6) is 0.366. The molecule has 0 saturated carbocycles. The van der Waals surface area contributed by atoms with Crippen LogP contribution in [0.5, 0.6) is 5.75 Å². The average Bonchev–Trinajstić information content (AvgIpc) is 3.10. The topological polar surface area (TPSA) is 67.6 Å². The molecule has 1 unspecified atom stereocenters. The van der Waals surface area contributed by atoms with Gasteiger partial charge in [-0.05, 0) is 43.1 Å². The molecular formula is C20H25N3O3. The van der Waals surface area contributed by atoms with Gasteiger partial charge < -0.3 is 9.84 Å². The smallest absolute Gasteiger partial charge is 0.325 e. The van der Waals surface area contributed by atoms with Crippen molar-refractivity contribution in [1.29, 1.82) is 0 Å². The number of carboxylic acid groups (broad SMARTS) is 1. The number of aromatic nitrogens is 2. The maximum absolute atomic E-state index is 10.8. The Hall–Kier alpha value is -2.60. The van der Waals surface area contributed by atoms with Crippen molar-refractivity contribution in [3.05, 3.63) is 53.9 Å². The predicted molar refractivity (Wildman–Crippen MR) is 100 cm³/mol. The molecule has 6 nitrogen and oxygen atoms in total. The molecule has 6 heteroatoms. The van der Waals surface area contributed by atoms with Crippen molar-refractivity contribution in [2.24, 2.45) is 0 Å². The van der Waals surface area contributed by atoms with E-state index >= 15 is 0 Å². The van der Waals surface area contributed by atoms with E-state index in [-0.39, 0.29) is 6.54 Å². The molecule has 1 fully saturated rings. The Morgan fingerprint density at radius 2 is 2.15 bits per heavy atom. The van der Waals surface area contributed by atoms with Crippen molar-refractivity contribution in [1.82, 2.24) is 14.7 Å². The first-order chi connectivity index (χ1) is 12.6.